The normalized spacial score (nSPS) is 21.1. The Morgan fingerprint density at radius 3 is 3.05 bits per heavy atom. The maximum atomic E-state index is 13.2. The van der Waals surface area contributed by atoms with Gasteiger partial charge < -0.3 is 14.5 Å². The number of rotatable bonds is 4. The summed E-state index contributed by atoms with van der Waals surface area (Å²) >= 11 is 0. The Labute approximate surface area is 111 Å². The zero-order chi connectivity index (χ0) is 13.2. The van der Waals surface area contributed by atoms with Gasteiger partial charge in [-0.3, -0.25) is 0 Å². The Bertz CT molecular complexity index is 560. The van der Waals surface area contributed by atoms with Crippen LogP contribution in [0.1, 0.15) is 31.1 Å². The Morgan fingerprint density at radius 1 is 1.42 bits per heavy atom. The van der Waals surface area contributed by atoms with Crippen molar-refractivity contribution >= 4 is 11.0 Å². The zero-order valence-electron chi connectivity index (χ0n) is 11.0. The fourth-order valence-electron chi connectivity index (χ4n) is 2.68. The van der Waals surface area contributed by atoms with E-state index < -0.39 is 0 Å². The van der Waals surface area contributed by atoms with Gasteiger partial charge in [0.2, 0.25) is 0 Å². The lowest BCUT2D eigenvalue weighted by atomic mass is 10.0. The number of furan rings is 1. The highest BCUT2D eigenvalue weighted by Crippen LogP contribution is 2.29. The minimum atomic E-state index is -0.236. The molecule has 3 rings (SSSR count). The highest BCUT2D eigenvalue weighted by atomic mass is 19.1. The van der Waals surface area contributed by atoms with Gasteiger partial charge in [0, 0.05) is 12.0 Å². The molecule has 0 aliphatic carbocycles. The van der Waals surface area contributed by atoms with Crippen molar-refractivity contribution in [1.29, 1.82) is 0 Å². The van der Waals surface area contributed by atoms with Gasteiger partial charge >= 0.3 is 0 Å². The van der Waals surface area contributed by atoms with Crippen LogP contribution in [0.25, 0.3) is 11.0 Å². The largest absolute Gasteiger partial charge is 0.459 e. The van der Waals surface area contributed by atoms with E-state index in [0.29, 0.717) is 6.10 Å². The van der Waals surface area contributed by atoms with Crippen molar-refractivity contribution in [3.05, 3.63) is 35.8 Å². The Balaban J connectivity index is 1.83. The molecule has 2 atom stereocenters. The first-order valence-corrected chi connectivity index (χ1v) is 6.74. The summed E-state index contributed by atoms with van der Waals surface area (Å²) in [6.07, 6.45) is 3.42. The van der Waals surface area contributed by atoms with Crippen molar-refractivity contribution in [2.75, 3.05) is 13.7 Å². The van der Waals surface area contributed by atoms with Crippen LogP contribution in [0.3, 0.4) is 0 Å². The van der Waals surface area contributed by atoms with Gasteiger partial charge in [-0.05, 0) is 50.6 Å². The molecule has 4 heteroatoms. The maximum Gasteiger partial charge on any atom is 0.134 e. The number of nitrogens with one attached hydrogen (secondary N) is 1. The van der Waals surface area contributed by atoms with E-state index in [4.69, 9.17) is 9.15 Å². The first-order chi connectivity index (χ1) is 9.26. The number of halogens is 1. The van der Waals surface area contributed by atoms with Gasteiger partial charge in [0.25, 0.3) is 0 Å². The summed E-state index contributed by atoms with van der Waals surface area (Å²) < 4.78 is 24.6. The summed E-state index contributed by atoms with van der Waals surface area (Å²) in [5, 5.41) is 4.06. The summed E-state index contributed by atoms with van der Waals surface area (Å²) in [6, 6.07) is 6.62. The van der Waals surface area contributed by atoms with E-state index in [0.717, 1.165) is 42.6 Å². The predicted molar refractivity (Wildman–Crippen MR) is 71.6 cm³/mol. The first-order valence-electron chi connectivity index (χ1n) is 6.74. The standard InChI is InChI=1S/C15H18FNO2/c1-17-13(9-12-3-2-6-18-12)15-8-10-7-11(16)4-5-14(10)19-15/h4-5,7-8,12-13,17H,2-3,6,9H2,1H3. The summed E-state index contributed by atoms with van der Waals surface area (Å²) in [6.45, 7) is 0.854. The summed E-state index contributed by atoms with van der Waals surface area (Å²) in [5.74, 6) is 0.610. The molecule has 1 N–H and O–H groups in total. The molecule has 0 bridgehead atoms. The molecule has 2 unspecified atom stereocenters. The lowest BCUT2D eigenvalue weighted by Crippen LogP contribution is -2.21. The second-order valence-corrected chi connectivity index (χ2v) is 5.04. The van der Waals surface area contributed by atoms with Crippen LogP contribution in [0.2, 0.25) is 0 Å². The van der Waals surface area contributed by atoms with Crippen LogP contribution >= 0.6 is 0 Å². The Hall–Kier alpha value is -1.39. The Morgan fingerprint density at radius 2 is 2.32 bits per heavy atom. The van der Waals surface area contributed by atoms with Crippen molar-refractivity contribution in [1.82, 2.24) is 5.32 Å². The maximum absolute atomic E-state index is 13.2. The monoisotopic (exact) mass is 263 g/mol. The molecule has 1 aromatic carbocycles. The average Bonchev–Trinajstić information content (AvgIpc) is 3.03. The van der Waals surface area contributed by atoms with Crippen molar-refractivity contribution < 1.29 is 13.5 Å². The number of ether oxygens (including phenoxy) is 1. The topological polar surface area (TPSA) is 34.4 Å². The molecular formula is C15H18FNO2. The van der Waals surface area contributed by atoms with Gasteiger partial charge in [0.1, 0.15) is 17.2 Å². The molecule has 0 radical (unpaired) electrons. The van der Waals surface area contributed by atoms with Crippen LogP contribution in [0.5, 0.6) is 0 Å². The highest BCUT2D eigenvalue weighted by Gasteiger charge is 2.23. The average molecular weight is 263 g/mol. The van der Waals surface area contributed by atoms with Crippen LogP contribution < -0.4 is 5.32 Å². The molecule has 2 aromatic rings. The third kappa shape index (κ3) is 2.65. The number of benzene rings is 1. The fourth-order valence-corrected chi connectivity index (χ4v) is 2.68. The number of hydrogen-bond acceptors (Lipinski definition) is 3. The fraction of sp³-hybridized carbons (Fsp3) is 0.467. The van der Waals surface area contributed by atoms with E-state index in [9.17, 15) is 4.39 Å². The molecule has 1 saturated heterocycles. The highest BCUT2D eigenvalue weighted by molar-refractivity contribution is 5.78. The molecule has 0 amide bonds. The lowest BCUT2D eigenvalue weighted by molar-refractivity contribution is 0.0932. The van der Waals surface area contributed by atoms with Crippen LogP contribution in [-0.2, 0) is 4.74 Å². The zero-order valence-corrected chi connectivity index (χ0v) is 11.0. The van der Waals surface area contributed by atoms with Crippen LogP contribution in [0.4, 0.5) is 4.39 Å². The van der Waals surface area contributed by atoms with Crippen molar-refractivity contribution in [2.45, 2.75) is 31.4 Å². The summed E-state index contributed by atoms with van der Waals surface area (Å²) in [5.41, 5.74) is 0.726. The number of fused-ring (bicyclic) bond motifs is 1. The summed E-state index contributed by atoms with van der Waals surface area (Å²) in [4.78, 5) is 0. The molecule has 102 valence electrons. The molecule has 1 aromatic heterocycles. The van der Waals surface area contributed by atoms with Gasteiger partial charge in [-0.25, -0.2) is 4.39 Å². The molecular weight excluding hydrogens is 245 g/mol. The molecule has 2 heterocycles. The quantitative estimate of drug-likeness (QED) is 0.918. The van der Waals surface area contributed by atoms with Gasteiger partial charge in [-0.2, -0.15) is 0 Å². The van der Waals surface area contributed by atoms with E-state index in [1.807, 2.05) is 13.1 Å². The SMILES string of the molecule is CNC(CC1CCCO1)c1cc2cc(F)ccc2o1. The number of hydrogen-bond donors (Lipinski definition) is 1. The van der Waals surface area contributed by atoms with E-state index in [2.05, 4.69) is 5.32 Å². The molecule has 1 aliphatic rings. The molecule has 3 nitrogen and oxygen atoms in total. The Kier molecular flexibility index (Phi) is 3.53. The van der Waals surface area contributed by atoms with E-state index in [1.54, 1.807) is 6.07 Å². The van der Waals surface area contributed by atoms with Crippen molar-refractivity contribution in [3.63, 3.8) is 0 Å². The van der Waals surface area contributed by atoms with Crippen LogP contribution in [-0.4, -0.2) is 19.8 Å². The van der Waals surface area contributed by atoms with E-state index in [1.165, 1.54) is 12.1 Å². The van der Waals surface area contributed by atoms with Gasteiger partial charge in [-0.15, -0.1) is 0 Å². The van der Waals surface area contributed by atoms with Crippen LogP contribution in [0, 0.1) is 5.82 Å². The van der Waals surface area contributed by atoms with E-state index in [-0.39, 0.29) is 11.9 Å². The minimum Gasteiger partial charge on any atom is -0.459 e. The summed E-state index contributed by atoms with van der Waals surface area (Å²) in [7, 11) is 1.91. The molecule has 19 heavy (non-hydrogen) atoms. The second-order valence-electron chi connectivity index (χ2n) is 5.04. The molecule has 0 spiro atoms. The predicted octanol–water partition coefficient (Wildman–Crippen LogP) is 3.40. The smallest absolute Gasteiger partial charge is 0.134 e. The van der Waals surface area contributed by atoms with E-state index >= 15 is 0 Å². The first kappa shape index (κ1) is 12.6. The third-order valence-corrected chi connectivity index (χ3v) is 3.71. The second kappa shape index (κ2) is 5.31. The van der Waals surface area contributed by atoms with Crippen LogP contribution in [0.15, 0.2) is 28.7 Å². The molecule has 0 saturated carbocycles. The minimum absolute atomic E-state index is 0.110. The molecule has 1 aliphatic heterocycles. The lowest BCUT2D eigenvalue weighted by Gasteiger charge is -2.17. The van der Waals surface area contributed by atoms with Crippen molar-refractivity contribution in [3.8, 4) is 0 Å². The van der Waals surface area contributed by atoms with Crippen molar-refractivity contribution in [2.24, 2.45) is 0 Å². The van der Waals surface area contributed by atoms with Gasteiger partial charge in [0.15, 0.2) is 0 Å². The third-order valence-electron chi connectivity index (χ3n) is 3.71. The van der Waals surface area contributed by atoms with Gasteiger partial charge in [0.05, 0.1) is 12.1 Å². The van der Waals surface area contributed by atoms with Gasteiger partial charge in [-0.1, -0.05) is 0 Å². The molecule has 1 fully saturated rings.